The van der Waals surface area contributed by atoms with Crippen molar-refractivity contribution in [1.82, 2.24) is 4.90 Å². The minimum atomic E-state index is 0.161. The van der Waals surface area contributed by atoms with Gasteiger partial charge in [-0.2, -0.15) is 0 Å². The van der Waals surface area contributed by atoms with E-state index in [0.29, 0.717) is 0 Å². The molecule has 0 aliphatic carbocycles. The Morgan fingerprint density at radius 2 is 1.88 bits per heavy atom. The largest absolute Gasteiger partial charge is 0.289 e. The lowest BCUT2D eigenvalue weighted by molar-refractivity contribution is 0.298. The van der Waals surface area contributed by atoms with Crippen LogP contribution in [-0.2, 0) is 6.54 Å². The summed E-state index contributed by atoms with van der Waals surface area (Å²) in [5.41, 5.74) is 1.33. The van der Waals surface area contributed by atoms with Crippen molar-refractivity contribution in [3.63, 3.8) is 0 Å². The van der Waals surface area contributed by atoms with Gasteiger partial charge in [-0.15, -0.1) is 6.42 Å². The zero-order valence-corrected chi connectivity index (χ0v) is 10.4. The fourth-order valence-electron chi connectivity index (χ4n) is 1.96. The summed E-state index contributed by atoms with van der Waals surface area (Å²) in [5.74, 6) is 2.76. The summed E-state index contributed by atoms with van der Waals surface area (Å²) in [7, 11) is 2.06. The maximum Gasteiger partial charge on any atom is 0.0683 e. The maximum atomic E-state index is 5.45. The molecule has 1 heteroatoms. The van der Waals surface area contributed by atoms with E-state index in [1.165, 1.54) is 16.3 Å². The Kier molecular flexibility index (Phi) is 3.46. The van der Waals surface area contributed by atoms with E-state index in [-0.39, 0.29) is 6.04 Å². The summed E-state index contributed by atoms with van der Waals surface area (Å²) >= 11 is 0. The molecule has 0 N–H and O–H groups in total. The van der Waals surface area contributed by atoms with Crippen LogP contribution in [0.15, 0.2) is 42.5 Å². The highest BCUT2D eigenvalue weighted by Crippen LogP contribution is 2.20. The molecule has 0 radical (unpaired) electrons. The molecule has 86 valence electrons. The molecule has 17 heavy (non-hydrogen) atoms. The summed E-state index contributed by atoms with van der Waals surface area (Å²) in [5, 5.41) is 2.60. The van der Waals surface area contributed by atoms with Crippen LogP contribution in [0.25, 0.3) is 10.8 Å². The fraction of sp³-hybridized carbons (Fsp3) is 0.250. The lowest BCUT2D eigenvalue weighted by Gasteiger charge is -2.21. The lowest BCUT2D eigenvalue weighted by atomic mass is 10.0. The van der Waals surface area contributed by atoms with Crippen molar-refractivity contribution in [3.05, 3.63) is 48.0 Å². The van der Waals surface area contributed by atoms with Gasteiger partial charge in [0, 0.05) is 6.54 Å². The number of rotatable bonds is 3. The number of benzene rings is 2. The molecule has 0 fully saturated rings. The molecule has 0 amide bonds. The maximum absolute atomic E-state index is 5.45. The SMILES string of the molecule is C#CC(C)N(C)Cc1cccc2ccccc12. The van der Waals surface area contributed by atoms with Crippen LogP contribution < -0.4 is 0 Å². The molecule has 0 heterocycles. The van der Waals surface area contributed by atoms with Gasteiger partial charge in [0.2, 0.25) is 0 Å². The van der Waals surface area contributed by atoms with Crippen molar-refractivity contribution >= 4 is 10.8 Å². The molecule has 0 saturated heterocycles. The second-order valence-corrected chi connectivity index (χ2v) is 4.40. The summed E-state index contributed by atoms with van der Waals surface area (Å²) < 4.78 is 0. The van der Waals surface area contributed by atoms with Gasteiger partial charge >= 0.3 is 0 Å². The molecule has 2 aromatic rings. The average Bonchev–Trinajstić information content (AvgIpc) is 2.38. The number of nitrogens with zero attached hydrogens (tertiary/aromatic N) is 1. The minimum absolute atomic E-state index is 0.161. The predicted molar refractivity (Wildman–Crippen MR) is 73.7 cm³/mol. The van der Waals surface area contributed by atoms with Gasteiger partial charge in [0.05, 0.1) is 6.04 Å². The molecular weight excluding hydrogens is 206 g/mol. The van der Waals surface area contributed by atoms with Gasteiger partial charge in [-0.1, -0.05) is 48.4 Å². The van der Waals surface area contributed by atoms with Crippen LogP contribution >= 0.6 is 0 Å². The Bertz CT molecular complexity index is 545. The average molecular weight is 223 g/mol. The molecule has 0 spiro atoms. The molecule has 0 aliphatic rings. The van der Waals surface area contributed by atoms with E-state index in [2.05, 4.69) is 60.3 Å². The van der Waals surface area contributed by atoms with Gasteiger partial charge in [0.25, 0.3) is 0 Å². The molecule has 0 aromatic heterocycles. The molecular formula is C16H17N. The summed E-state index contributed by atoms with van der Waals surface area (Å²) in [6.45, 7) is 2.93. The van der Waals surface area contributed by atoms with Gasteiger partial charge in [-0.25, -0.2) is 0 Å². The van der Waals surface area contributed by atoms with Gasteiger partial charge in [0.1, 0.15) is 0 Å². The highest BCUT2D eigenvalue weighted by molar-refractivity contribution is 5.85. The number of terminal acetylenes is 1. The van der Waals surface area contributed by atoms with Crippen LogP contribution in [0.1, 0.15) is 12.5 Å². The van der Waals surface area contributed by atoms with E-state index in [1.54, 1.807) is 0 Å². The normalized spacial score (nSPS) is 12.6. The van der Waals surface area contributed by atoms with Gasteiger partial charge in [-0.05, 0) is 30.3 Å². The van der Waals surface area contributed by atoms with Gasteiger partial charge in [0.15, 0.2) is 0 Å². The third-order valence-corrected chi connectivity index (χ3v) is 3.20. The first kappa shape index (κ1) is 11.7. The van der Waals surface area contributed by atoms with Crippen molar-refractivity contribution in [3.8, 4) is 12.3 Å². The van der Waals surface area contributed by atoms with Crippen LogP contribution in [0.4, 0.5) is 0 Å². The standard InChI is InChI=1S/C16H17N/c1-4-13(2)17(3)12-15-10-7-9-14-8-5-6-11-16(14)15/h1,5-11,13H,12H2,2-3H3. The lowest BCUT2D eigenvalue weighted by Crippen LogP contribution is -2.27. The van der Waals surface area contributed by atoms with E-state index in [9.17, 15) is 0 Å². The third-order valence-electron chi connectivity index (χ3n) is 3.20. The van der Waals surface area contributed by atoms with E-state index in [0.717, 1.165) is 6.54 Å². The van der Waals surface area contributed by atoms with Crippen LogP contribution in [0.3, 0.4) is 0 Å². The summed E-state index contributed by atoms with van der Waals surface area (Å²) in [6, 6.07) is 15.0. The van der Waals surface area contributed by atoms with E-state index in [1.807, 2.05) is 6.92 Å². The van der Waals surface area contributed by atoms with E-state index < -0.39 is 0 Å². The monoisotopic (exact) mass is 223 g/mol. The first-order chi connectivity index (χ1) is 8.22. The Morgan fingerprint density at radius 1 is 1.18 bits per heavy atom. The number of hydrogen-bond donors (Lipinski definition) is 0. The Balaban J connectivity index is 2.34. The summed E-state index contributed by atoms with van der Waals surface area (Å²) in [4.78, 5) is 2.18. The molecule has 2 rings (SSSR count). The van der Waals surface area contributed by atoms with Crippen LogP contribution in [-0.4, -0.2) is 18.0 Å². The third kappa shape index (κ3) is 2.49. The fourth-order valence-corrected chi connectivity index (χ4v) is 1.96. The first-order valence-corrected chi connectivity index (χ1v) is 5.85. The topological polar surface area (TPSA) is 3.24 Å². The molecule has 0 saturated carbocycles. The minimum Gasteiger partial charge on any atom is -0.289 e. The highest BCUT2D eigenvalue weighted by Gasteiger charge is 2.08. The van der Waals surface area contributed by atoms with E-state index >= 15 is 0 Å². The molecule has 1 atom stereocenters. The first-order valence-electron chi connectivity index (χ1n) is 5.85. The quantitative estimate of drug-likeness (QED) is 0.722. The molecule has 0 aliphatic heterocycles. The Morgan fingerprint density at radius 3 is 2.65 bits per heavy atom. The van der Waals surface area contributed by atoms with Gasteiger partial charge < -0.3 is 0 Å². The second-order valence-electron chi connectivity index (χ2n) is 4.40. The summed E-state index contributed by atoms with van der Waals surface area (Å²) in [6.07, 6.45) is 5.45. The zero-order valence-electron chi connectivity index (χ0n) is 10.4. The van der Waals surface area contributed by atoms with Crippen LogP contribution in [0, 0.1) is 12.3 Å². The number of fused-ring (bicyclic) bond motifs is 1. The van der Waals surface area contributed by atoms with Crippen LogP contribution in [0.2, 0.25) is 0 Å². The molecule has 1 nitrogen and oxygen atoms in total. The van der Waals surface area contributed by atoms with Crippen molar-refractivity contribution in [2.75, 3.05) is 7.05 Å². The van der Waals surface area contributed by atoms with Crippen molar-refractivity contribution in [2.45, 2.75) is 19.5 Å². The Labute approximate surface area is 103 Å². The number of hydrogen-bond acceptors (Lipinski definition) is 1. The second kappa shape index (κ2) is 5.03. The molecule has 0 bridgehead atoms. The van der Waals surface area contributed by atoms with Crippen molar-refractivity contribution in [1.29, 1.82) is 0 Å². The zero-order chi connectivity index (χ0) is 12.3. The van der Waals surface area contributed by atoms with E-state index in [4.69, 9.17) is 6.42 Å². The predicted octanol–water partition coefficient (Wildman–Crippen LogP) is 3.29. The van der Waals surface area contributed by atoms with Crippen molar-refractivity contribution < 1.29 is 0 Å². The Hall–Kier alpha value is -1.78. The van der Waals surface area contributed by atoms with Crippen molar-refractivity contribution in [2.24, 2.45) is 0 Å². The molecule has 1 unspecified atom stereocenters. The highest BCUT2D eigenvalue weighted by atomic mass is 15.1. The van der Waals surface area contributed by atoms with Gasteiger partial charge in [-0.3, -0.25) is 4.90 Å². The molecule has 2 aromatic carbocycles. The smallest absolute Gasteiger partial charge is 0.0683 e. The van der Waals surface area contributed by atoms with Crippen LogP contribution in [0.5, 0.6) is 0 Å².